The Bertz CT molecular complexity index is 390. The highest BCUT2D eigenvalue weighted by Crippen LogP contribution is 2.37. The lowest BCUT2D eigenvalue weighted by Crippen LogP contribution is -2.47. The molecule has 0 radical (unpaired) electrons. The molecule has 0 amide bonds. The van der Waals surface area contributed by atoms with Gasteiger partial charge in [0.25, 0.3) is 0 Å². The second-order valence-electron chi connectivity index (χ2n) is 5.43. The van der Waals surface area contributed by atoms with Crippen LogP contribution in [0.2, 0.25) is 0 Å². The topological polar surface area (TPSA) is 32.3 Å². The first-order chi connectivity index (χ1) is 8.70. The molecule has 1 heterocycles. The van der Waals surface area contributed by atoms with Gasteiger partial charge in [0.1, 0.15) is 0 Å². The predicted octanol–water partition coefficient (Wildman–Crippen LogP) is 2.85. The van der Waals surface area contributed by atoms with E-state index in [0.717, 1.165) is 44.3 Å². The van der Waals surface area contributed by atoms with E-state index in [1.165, 1.54) is 5.56 Å². The Labute approximate surface area is 110 Å². The van der Waals surface area contributed by atoms with Gasteiger partial charge in [0, 0.05) is 12.5 Å². The fourth-order valence-corrected chi connectivity index (χ4v) is 3.08. The first-order valence-corrected chi connectivity index (χ1v) is 7.23. The van der Waals surface area contributed by atoms with Gasteiger partial charge in [-0.3, -0.25) is 0 Å². The van der Waals surface area contributed by atoms with Gasteiger partial charge in [-0.15, -0.1) is 0 Å². The number of benzene rings is 1. The molecule has 2 nitrogen and oxygen atoms in total. The van der Waals surface area contributed by atoms with E-state index in [-0.39, 0.29) is 0 Å². The summed E-state index contributed by atoms with van der Waals surface area (Å²) in [6.07, 6.45) is 4.09. The summed E-state index contributed by atoms with van der Waals surface area (Å²) in [4.78, 5) is 0. The molecule has 1 fully saturated rings. The van der Waals surface area contributed by atoms with Crippen LogP contribution in [0.5, 0.6) is 0 Å². The summed E-state index contributed by atoms with van der Waals surface area (Å²) in [5, 5.41) is 14.4. The summed E-state index contributed by atoms with van der Waals surface area (Å²) in [5.74, 6) is 0.322. The van der Waals surface area contributed by atoms with E-state index in [2.05, 4.69) is 43.4 Å². The summed E-state index contributed by atoms with van der Waals surface area (Å²) in [5.41, 5.74) is 1.82. The molecular weight excluding hydrogens is 222 g/mol. The van der Waals surface area contributed by atoms with Crippen LogP contribution in [0.1, 0.15) is 44.2 Å². The second kappa shape index (κ2) is 5.85. The molecule has 0 spiro atoms. The zero-order valence-electron chi connectivity index (χ0n) is 11.6. The lowest BCUT2D eigenvalue weighted by molar-refractivity contribution is -0.0479. The Hall–Kier alpha value is -0.860. The smallest absolute Gasteiger partial charge is 0.0948 e. The van der Waals surface area contributed by atoms with Crippen LogP contribution in [0.3, 0.4) is 0 Å². The number of aryl methyl sites for hydroxylation is 1. The largest absolute Gasteiger partial charge is 0.385 e. The third-order valence-corrected chi connectivity index (χ3v) is 4.21. The van der Waals surface area contributed by atoms with Gasteiger partial charge in [0.05, 0.1) is 5.60 Å². The number of piperidine rings is 1. The van der Waals surface area contributed by atoms with E-state index in [1.807, 2.05) is 0 Å². The highest BCUT2D eigenvalue weighted by atomic mass is 16.3. The molecular formula is C16H25NO. The van der Waals surface area contributed by atoms with Crippen molar-refractivity contribution < 1.29 is 5.11 Å². The molecule has 18 heavy (non-hydrogen) atoms. The number of aliphatic hydroxyl groups is 1. The van der Waals surface area contributed by atoms with Crippen molar-refractivity contribution in [3.8, 4) is 0 Å². The SMILES string of the molecule is CCCc1cccc(C2(O)CCNCC2CC)c1. The van der Waals surface area contributed by atoms with Crippen LogP contribution in [0.25, 0.3) is 0 Å². The van der Waals surface area contributed by atoms with Crippen LogP contribution < -0.4 is 5.32 Å². The van der Waals surface area contributed by atoms with E-state index in [9.17, 15) is 5.11 Å². The van der Waals surface area contributed by atoms with Gasteiger partial charge in [-0.1, -0.05) is 44.5 Å². The van der Waals surface area contributed by atoms with Crippen LogP contribution in [0, 0.1) is 5.92 Å². The molecule has 1 aromatic rings. The molecule has 0 bridgehead atoms. The lowest BCUT2D eigenvalue weighted by Gasteiger charge is -2.40. The van der Waals surface area contributed by atoms with Gasteiger partial charge in [-0.2, -0.15) is 0 Å². The molecule has 2 atom stereocenters. The van der Waals surface area contributed by atoms with Crippen molar-refractivity contribution in [1.82, 2.24) is 5.32 Å². The van der Waals surface area contributed by atoms with Crippen LogP contribution in [0.4, 0.5) is 0 Å². The minimum absolute atomic E-state index is 0.322. The van der Waals surface area contributed by atoms with E-state index < -0.39 is 5.60 Å². The standard InChI is InChI=1S/C16H25NO/c1-3-6-13-7-5-8-15(11-13)16(18)9-10-17-12-14(16)4-2/h5,7-8,11,14,17-18H,3-4,6,9-10,12H2,1-2H3. The number of hydrogen-bond acceptors (Lipinski definition) is 2. The number of rotatable bonds is 4. The summed E-state index contributed by atoms with van der Waals surface area (Å²) in [7, 11) is 0. The molecule has 2 N–H and O–H groups in total. The van der Waals surface area contributed by atoms with E-state index in [4.69, 9.17) is 0 Å². The van der Waals surface area contributed by atoms with Crippen LogP contribution in [-0.4, -0.2) is 18.2 Å². The average molecular weight is 247 g/mol. The zero-order valence-corrected chi connectivity index (χ0v) is 11.6. The van der Waals surface area contributed by atoms with Gasteiger partial charge in [0.2, 0.25) is 0 Å². The highest BCUT2D eigenvalue weighted by molar-refractivity contribution is 5.29. The van der Waals surface area contributed by atoms with E-state index >= 15 is 0 Å². The summed E-state index contributed by atoms with van der Waals surface area (Å²) >= 11 is 0. The molecule has 2 rings (SSSR count). The van der Waals surface area contributed by atoms with Gasteiger partial charge in [-0.25, -0.2) is 0 Å². The molecule has 1 saturated heterocycles. The molecule has 0 aliphatic carbocycles. The van der Waals surface area contributed by atoms with Crippen LogP contribution in [-0.2, 0) is 12.0 Å². The Morgan fingerprint density at radius 2 is 2.22 bits per heavy atom. The molecule has 1 aliphatic rings. The quantitative estimate of drug-likeness (QED) is 0.857. The fraction of sp³-hybridized carbons (Fsp3) is 0.625. The summed E-state index contributed by atoms with van der Waals surface area (Å²) < 4.78 is 0. The Morgan fingerprint density at radius 1 is 1.39 bits per heavy atom. The molecule has 0 saturated carbocycles. The fourth-order valence-electron chi connectivity index (χ4n) is 3.08. The average Bonchev–Trinajstić information content (AvgIpc) is 2.40. The van der Waals surface area contributed by atoms with Crippen molar-refractivity contribution in [2.45, 2.75) is 45.1 Å². The second-order valence-corrected chi connectivity index (χ2v) is 5.43. The van der Waals surface area contributed by atoms with Crippen molar-refractivity contribution in [1.29, 1.82) is 0 Å². The Balaban J connectivity index is 2.29. The van der Waals surface area contributed by atoms with E-state index in [1.54, 1.807) is 0 Å². The molecule has 0 aromatic heterocycles. The van der Waals surface area contributed by atoms with Gasteiger partial charge >= 0.3 is 0 Å². The van der Waals surface area contributed by atoms with Crippen molar-refractivity contribution in [3.63, 3.8) is 0 Å². The first-order valence-electron chi connectivity index (χ1n) is 7.23. The molecule has 100 valence electrons. The maximum Gasteiger partial charge on any atom is 0.0948 e. The molecule has 2 heteroatoms. The summed E-state index contributed by atoms with van der Waals surface area (Å²) in [6.45, 7) is 6.19. The van der Waals surface area contributed by atoms with Crippen LogP contribution in [0.15, 0.2) is 24.3 Å². The monoisotopic (exact) mass is 247 g/mol. The predicted molar refractivity (Wildman–Crippen MR) is 75.6 cm³/mol. The minimum Gasteiger partial charge on any atom is -0.385 e. The van der Waals surface area contributed by atoms with E-state index in [0.29, 0.717) is 5.92 Å². The van der Waals surface area contributed by atoms with Crippen molar-refractivity contribution in [2.24, 2.45) is 5.92 Å². The molecule has 1 aliphatic heterocycles. The van der Waals surface area contributed by atoms with Gasteiger partial charge < -0.3 is 10.4 Å². The third kappa shape index (κ3) is 2.60. The Morgan fingerprint density at radius 3 is 2.94 bits per heavy atom. The maximum absolute atomic E-state index is 11.1. The zero-order chi connectivity index (χ0) is 13.0. The first kappa shape index (κ1) is 13.6. The van der Waals surface area contributed by atoms with Crippen molar-refractivity contribution in [3.05, 3.63) is 35.4 Å². The van der Waals surface area contributed by atoms with Crippen molar-refractivity contribution in [2.75, 3.05) is 13.1 Å². The van der Waals surface area contributed by atoms with Gasteiger partial charge in [-0.05, 0) is 36.9 Å². The van der Waals surface area contributed by atoms with Gasteiger partial charge in [0.15, 0.2) is 0 Å². The number of hydrogen-bond donors (Lipinski definition) is 2. The summed E-state index contributed by atoms with van der Waals surface area (Å²) in [6, 6.07) is 8.55. The normalized spacial score (nSPS) is 28.3. The van der Waals surface area contributed by atoms with Crippen LogP contribution >= 0.6 is 0 Å². The molecule has 2 unspecified atom stereocenters. The highest BCUT2D eigenvalue weighted by Gasteiger charge is 2.39. The minimum atomic E-state index is -0.635. The van der Waals surface area contributed by atoms with Crippen molar-refractivity contribution >= 4 is 0 Å². The number of nitrogens with one attached hydrogen (secondary N) is 1. The lowest BCUT2D eigenvalue weighted by atomic mass is 9.75. The molecule has 1 aromatic carbocycles. The third-order valence-electron chi connectivity index (χ3n) is 4.21. The Kier molecular flexibility index (Phi) is 4.41. The maximum atomic E-state index is 11.1.